The Hall–Kier alpha value is -2.67. The maximum absolute atomic E-state index is 13.8. The van der Waals surface area contributed by atoms with Crippen LogP contribution in [0.5, 0.6) is 5.75 Å². The Balaban J connectivity index is 1.80. The van der Waals surface area contributed by atoms with Gasteiger partial charge in [-0.3, -0.25) is 9.48 Å². The standard InChI is InChI=1S/C19H17BrFN3O2/c1-12-14(7-5-9-17(12)26-2)19(25)22-18-15(20)11-24(23-18)10-13-6-3-4-8-16(13)21/h3-9,11H,10H2,1-2H3,(H,22,23,25). The molecule has 0 fully saturated rings. The van der Waals surface area contributed by atoms with Gasteiger partial charge >= 0.3 is 0 Å². The molecule has 7 heteroatoms. The van der Waals surface area contributed by atoms with Crippen LogP contribution in [0.25, 0.3) is 0 Å². The lowest BCUT2D eigenvalue weighted by atomic mass is 10.1. The summed E-state index contributed by atoms with van der Waals surface area (Å²) in [5.74, 6) is 0.422. The van der Waals surface area contributed by atoms with Crippen LogP contribution in [0.15, 0.2) is 53.1 Å². The second-order valence-corrected chi connectivity index (χ2v) is 6.56. The molecule has 0 aliphatic rings. The molecule has 0 radical (unpaired) electrons. The Labute approximate surface area is 158 Å². The molecule has 5 nitrogen and oxygen atoms in total. The second-order valence-electron chi connectivity index (χ2n) is 5.70. The van der Waals surface area contributed by atoms with E-state index in [1.165, 1.54) is 6.07 Å². The van der Waals surface area contributed by atoms with Crippen molar-refractivity contribution in [3.63, 3.8) is 0 Å². The van der Waals surface area contributed by atoms with E-state index in [0.29, 0.717) is 27.2 Å². The number of benzene rings is 2. The molecule has 0 aliphatic carbocycles. The first-order valence-electron chi connectivity index (χ1n) is 7.91. The van der Waals surface area contributed by atoms with E-state index in [-0.39, 0.29) is 18.3 Å². The van der Waals surface area contributed by atoms with E-state index in [9.17, 15) is 9.18 Å². The van der Waals surface area contributed by atoms with Crippen molar-refractivity contribution in [3.05, 3.63) is 75.6 Å². The Morgan fingerprint density at radius 2 is 2.04 bits per heavy atom. The molecule has 26 heavy (non-hydrogen) atoms. The number of ether oxygens (including phenoxy) is 1. The van der Waals surface area contributed by atoms with Crippen LogP contribution in [-0.2, 0) is 6.54 Å². The molecule has 0 unspecified atom stereocenters. The lowest BCUT2D eigenvalue weighted by molar-refractivity contribution is 0.102. The fourth-order valence-electron chi connectivity index (χ4n) is 2.62. The van der Waals surface area contributed by atoms with Gasteiger partial charge < -0.3 is 10.1 Å². The second kappa shape index (κ2) is 7.70. The highest BCUT2D eigenvalue weighted by Crippen LogP contribution is 2.25. The predicted octanol–water partition coefficient (Wildman–Crippen LogP) is 4.40. The van der Waals surface area contributed by atoms with Gasteiger partial charge in [0.2, 0.25) is 0 Å². The van der Waals surface area contributed by atoms with Gasteiger partial charge in [0.15, 0.2) is 5.82 Å². The summed E-state index contributed by atoms with van der Waals surface area (Å²) in [4.78, 5) is 12.6. The normalized spacial score (nSPS) is 10.6. The maximum Gasteiger partial charge on any atom is 0.257 e. The molecule has 0 bridgehead atoms. The molecule has 0 aliphatic heterocycles. The average molecular weight is 418 g/mol. The SMILES string of the molecule is COc1cccc(C(=O)Nc2nn(Cc3ccccc3F)cc2Br)c1C. The Morgan fingerprint density at radius 3 is 2.77 bits per heavy atom. The van der Waals surface area contributed by atoms with E-state index in [0.717, 1.165) is 5.56 Å². The third-order valence-electron chi connectivity index (χ3n) is 3.99. The minimum atomic E-state index is -0.295. The van der Waals surface area contributed by atoms with Gasteiger partial charge in [-0.15, -0.1) is 0 Å². The Kier molecular flexibility index (Phi) is 5.37. The molecule has 1 aromatic heterocycles. The minimum absolute atomic E-state index is 0.263. The van der Waals surface area contributed by atoms with Crippen molar-refractivity contribution in [2.45, 2.75) is 13.5 Å². The highest BCUT2D eigenvalue weighted by molar-refractivity contribution is 9.10. The fraction of sp³-hybridized carbons (Fsp3) is 0.158. The molecule has 0 saturated carbocycles. The summed E-state index contributed by atoms with van der Waals surface area (Å²) in [6.45, 7) is 2.08. The van der Waals surface area contributed by atoms with E-state index >= 15 is 0 Å². The molecule has 3 aromatic rings. The first-order valence-corrected chi connectivity index (χ1v) is 8.70. The quantitative estimate of drug-likeness (QED) is 0.668. The largest absolute Gasteiger partial charge is 0.496 e. The van der Waals surface area contributed by atoms with Gasteiger partial charge in [0.05, 0.1) is 18.1 Å². The zero-order valence-corrected chi connectivity index (χ0v) is 15.9. The van der Waals surface area contributed by atoms with Crippen molar-refractivity contribution >= 4 is 27.7 Å². The average Bonchev–Trinajstić information content (AvgIpc) is 2.96. The van der Waals surface area contributed by atoms with Gasteiger partial charge in [-0.25, -0.2) is 4.39 Å². The van der Waals surface area contributed by atoms with Crippen LogP contribution in [0.3, 0.4) is 0 Å². The van der Waals surface area contributed by atoms with Gasteiger partial charge in [0, 0.05) is 22.9 Å². The predicted molar refractivity (Wildman–Crippen MR) is 101 cm³/mol. The molecule has 3 rings (SSSR count). The van der Waals surface area contributed by atoms with E-state index in [2.05, 4.69) is 26.3 Å². The third kappa shape index (κ3) is 3.77. The lowest BCUT2D eigenvalue weighted by Gasteiger charge is -2.10. The number of nitrogens with zero attached hydrogens (tertiary/aromatic N) is 2. The summed E-state index contributed by atoms with van der Waals surface area (Å²) >= 11 is 3.38. The summed E-state index contributed by atoms with van der Waals surface area (Å²) in [5, 5.41) is 7.10. The highest BCUT2D eigenvalue weighted by atomic mass is 79.9. The number of amides is 1. The first-order chi connectivity index (χ1) is 12.5. The van der Waals surface area contributed by atoms with Crippen molar-refractivity contribution in [1.29, 1.82) is 0 Å². The van der Waals surface area contributed by atoms with Crippen LogP contribution in [0.1, 0.15) is 21.5 Å². The van der Waals surface area contributed by atoms with Crippen molar-refractivity contribution in [3.8, 4) is 5.75 Å². The van der Waals surface area contributed by atoms with Crippen molar-refractivity contribution in [1.82, 2.24) is 9.78 Å². The maximum atomic E-state index is 13.8. The molecule has 1 heterocycles. The number of halogens is 2. The number of nitrogens with one attached hydrogen (secondary N) is 1. The fourth-order valence-corrected chi connectivity index (χ4v) is 3.04. The minimum Gasteiger partial charge on any atom is -0.496 e. The molecule has 1 N–H and O–H groups in total. The van der Waals surface area contributed by atoms with E-state index in [4.69, 9.17) is 4.74 Å². The number of hydrogen-bond donors (Lipinski definition) is 1. The van der Waals surface area contributed by atoms with Crippen LogP contribution in [0.2, 0.25) is 0 Å². The third-order valence-corrected chi connectivity index (χ3v) is 4.57. The molecule has 1 amide bonds. The summed E-state index contributed by atoms with van der Waals surface area (Å²) in [7, 11) is 1.56. The smallest absolute Gasteiger partial charge is 0.257 e. The molecular weight excluding hydrogens is 401 g/mol. The van der Waals surface area contributed by atoms with Gasteiger partial charge in [-0.1, -0.05) is 24.3 Å². The summed E-state index contributed by atoms with van der Waals surface area (Å²) in [5.41, 5.74) is 1.76. The molecule has 0 atom stereocenters. The summed E-state index contributed by atoms with van der Waals surface area (Å²) in [6, 6.07) is 11.8. The first kappa shape index (κ1) is 18.1. The van der Waals surface area contributed by atoms with Gasteiger partial charge in [0.1, 0.15) is 11.6 Å². The zero-order chi connectivity index (χ0) is 18.7. The van der Waals surface area contributed by atoms with Gasteiger partial charge in [0.25, 0.3) is 5.91 Å². The Bertz CT molecular complexity index is 956. The number of rotatable bonds is 5. The molecule has 0 spiro atoms. The van der Waals surface area contributed by atoms with Crippen LogP contribution in [0, 0.1) is 12.7 Å². The van der Waals surface area contributed by atoms with Crippen LogP contribution < -0.4 is 10.1 Å². The summed E-state index contributed by atoms with van der Waals surface area (Å²) < 4.78 is 21.2. The number of aromatic nitrogens is 2. The number of hydrogen-bond acceptors (Lipinski definition) is 3. The number of anilines is 1. The molecule has 0 saturated heterocycles. The number of methoxy groups -OCH3 is 1. The number of carbonyl (C=O) groups is 1. The molecule has 134 valence electrons. The lowest BCUT2D eigenvalue weighted by Crippen LogP contribution is -2.15. The van der Waals surface area contributed by atoms with Crippen LogP contribution in [-0.4, -0.2) is 22.8 Å². The topological polar surface area (TPSA) is 56.1 Å². The van der Waals surface area contributed by atoms with Crippen LogP contribution in [0.4, 0.5) is 10.2 Å². The van der Waals surface area contributed by atoms with Crippen molar-refractivity contribution in [2.75, 3.05) is 12.4 Å². The van der Waals surface area contributed by atoms with Crippen LogP contribution >= 0.6 is 15.9 Å². The van der Waals surface area contributed by atoms with Gasteiger partial charge in [-0.2, -0.15) is 5.10 Å². The van der Waals surface area contributed by atoms with E-state index in [1.807, 2.05) is 6.92 Å². The monoisotopic (exact) mass is 417 g/mol. The number of carbonyl (C=O) groups excluding carboxylic acids is 1. The van der Waals surface area contributed by atoms with E-state index < -0.39 is 0 Å². The van der Waals surface area contributed by atoms with Crippen molar-refractivity contribution < 1.29 is 13.9 Å². The zero-order valence-electron chi connectivity index (χ0n) is 14.3. The highest BCUT2D eigenvalue weighted by Gasteiger charge is 2.16. The molecular formula is C19H17BrFN3O2. The molecule has 2 aromatic carbocycles. The Morgan fingerprint density at radius 1 is 1.27 bits per heavy atom. The van der Waals surface area contributed by atoms with Gasteiger partial charge in [-0.05, 0) is 41.1 Å². The van der Waals surface area contributed by atoms with E-state index in [1.54, 1.807) is 54.4 Å². The summed E-state index contributed by atoms with van der Waals surface area (Å²) in [6.07, 6.45) is 1.69. The van der Waals surface area contributed by atoms with Crippen molar-refractivity contribution in [2.24, 2.45) is 0 Å².